The summed E-state index contributed by atoms with van der Waals surface area (Å²) in [6.07, 6.45) is 2.23. The fraction of sp³-hybridized carbons (Fsp3) is 0. The number of allylic oxidation sites excluding steroid dienone is 1. The minimum absolute atomic E-state index is 0.00766. The maximum absolute atomic E-state index is 13.7. The van der Waals surface area contributed by atoms with Gasteiger partial charge in [0, 0.05) is 33.1 Å². The molecule has 2 heterocycles. The molecule has 0 aliphatic carbocycles. The number of carbonyl (C=O) groups excluding carboxylic acids is 1. The summed E-state index contributed by atoms with van der Waals surface area (Å²) in [5, 5.41) is 17.8. The van der Waals surface area contributed by atoms with Crippen molar-refractivity contribution < 1.29 is 14.3 Å². The minimum Gasteiger partial charge on any atom is -0.507 e. The molecule has 0 bridgehead atoms. The molecule has 0 saturated heterocycles. The molecule has 0 aliphatic rings. The van der Waals surface area contributed by atoms with Crippen molar-refractivity contribution >= 4 is 34.0 Å². The number of hydrogen-bond donors (Lipinski definition) is 3. The van der Waals surface area contributed by atoms with Gasteiger partial charge in [-0.15, -0.1) is 0 Å². The number of ketones is 1. The Morgan fingerprint density at radius 3 is 2.81 bits per heavy atom. The highest BCUT2D eigenvalue weighted by Gasteiger charge is 2.19. The van der Waals surface area contributed by atoms with Crippen LogP contribution in [-0.2, 0) is 0 Å². The molecule has 0 amide bonds. The zero-order valence-electron chi connectivity index (χ0n) is 13.7. The zero-order valence-corrected chi connectivity index (χ0v) is 14.5. The van der Waals surface area contributed by atoms with Crippen molar-refractivity contribution in [1.82, 2.24) is 20.2 Å². The summed E-state index contributed by atoms with van der Waals surface area (Å²) in [5.74, 6) is -1.28. The lowest BCUT2D eigenvalue weighted by atomic mass is 10.0. The van der Waals surface area contributed by atoms with Gasteiger partial charge in [-0.1, -0.05) is 23.7 Å². The average molecular weight is 383 g/mol. The number of H-pyrrole nitrogens is 2. The molecule has 4 rings (SSSR count). The van der Waals surface area contributed by atoms with E-state index in [9.17, 15) is 14.3 Å². The Morgan fingerprint density at radius 1 is 1.22 bits per heavy atom. The van der Waals surface area contributed by atoms with E-state index >= 15 is 0 Å². The highest BCUT2D eigenvalue weighted by molar-refractivity contribution is 6.31. The Morgan fingerprint density at radius 2 is 2.07 bits per heavy atom. The van der Waals surface area contributed by atoms with Crippen LogP contribution in [0.3, 0.4) is 0 Å². The number of benzene rings is 2. The van der Waals surface area contributed by atoms with Crippen LogP contribution in [0.5, 0.6) is 0 Å². The van der Waals surface area contributed by atoms with Gasteiger partial charge in [0.05, 0.1) is 5.69 Å². The number of aromatic nitrogens is 4. The summed E-state index contributed by atoms with van der Waals surface area (Å²) in [4.78, 5) is 19.2. The Labute approximate surface area is 157 Å². The number of aliphatic hydroxyl groups is 1. The van der Waals surface area contributed by atoms with Crippen molar-refractivity contribution in [3.05, 3.63) is 77.1 Å². The maximum Gasteiger partial charge on any atom is 0.226 e. The third kappa shape index (κ3) is 3.20. The molecule has 3 N–H and O–H groups in total. The molecule has 2 aromatic carbocycles. The Bertz CT molecular complexity index is 1180. The highest BCUT2D eigenvalue weighted by Crippen LogP contribution is 2.36. The highest BCUT2D eigenvalue weighted by atomic mass is 35.5. The molecule has 4 aromatic rings. The lowest BCUT2D eigenvalue weighted by Crippen LogP contribution is -1.99. The van der Waals surface area contributed by atoms with E-state index in [1.807, 2.05) is 0 Å². The zero-order chi connectivity index (χ0) is 19.0. The first-order valence-electron chi connectivity index (χ1n) is 7.91. The predicted octanol–water partition coefficient (Wildman–Crippen LogP) is 4.53. The lowest BCUT2D eigenvalue weighted by Gasteiger charge is -2.05. The van der Waals surface area contributed by atoms with E-state index in [4.69, 9.17) is 11.6 Å². The van der Waals surface area contributed by atoms with Gasteiger partial charge in [0.15, 0.2) is 5.82 Å². The van der Waals surface area contributed by atoms with Gasteiger partial charge in [-0.25, -0.2) is 9.37 Å². The van der Waals surface area contributed by atoms with Crippen molar-refractivity contribution in [1.29, 1.82) is 0 Å². The molecule has 2 aromatic heterocycles. The lowest BCUT2D eigenvalue weighted by molar-refractivity contribution is 0.103. The topological polar surface area (TPSA) is 94.7 Å². The first-order chi connectivity index (χ1) is 13.0. The van der Waals surface area contributed by atoms with E-state index in [2.05, 4.69) is 20.2 Å². The molecule has 8 heteroatoms. The van der Waals surface area contributed by atoms with Crippen LogP contribution in [0, 0.1) is 5.82 Å². The molecule has 0 radical (unpaired) electrons. The van der Waals surface area contributed by atoms with Crippen LogP contribution in [0.25, 0.3) is 27.9 Å². The third-order valence-electron chi connectivity index (χ3n) is 4.05. The van der Waals surface area contributed by atoms with Crippen LogP contribution in [0.1, 0.15) is 16.2 Å². The molecule has 0 aliphatic heterocycles. The van der Waals surface area contributed by atoms with Crippen LogP contribution in [0.4, 0.5) is 4.39 Å². The molecule has 0 saturated carbocycles. The van der Waals surface area contributed by atoms with Gasteiger partial charge in [-0.2, -0.15) is 5.10 Å². The number of rotatable bonds is 4. The van der Waals surface area contributed by atoms with E-state index in [-0.39, 0.29) is 11.6 Å². The van der Waals surface area contributed by atoms with E-state index in [0.29, 0.717) is 32.7 Å². The molecule has 0 unspecified atom stereocenters. The normalized spacial score (nSPS) is 11.9. The Kier molecular flexibility index (Phi) is 4.21. The summed E-state index contributed by atoms with van der Waals surface area (Å²) in [7, 11) is 0. The summed E-state index contributed by atoms with van der Waals surface area (Å²) in [6.45, 7) is 0. The van der Waals surface area contributed by atoms with Gasteiger partial charge in [-0.05, 0) is 30.3 Å². The maximum atomic E-state index is 13.7. The molecule has 0 fully saturated rings. The predicted molar refractivity (Wildman–Crippen MR) is 100 cm³/mol. The van der Waals surface area contributed by atoms with Gasteiger partial charge in [0.1, 0.15) is 17.9 Å². The van der Waals surface area contributed by atoms with Crippen molar-refractivity contribution in [2.24, 2.45) is 0 Å². The van der Waals surface area contributed by atoms with Crippen molar-refractivity contribution in [2.45, 2.75) is 0 Å². The quantitative estimate of drug-likeness (QED) is 0.274. The van der Waals surface area contributed by atoms with Gasteiger partial charge < -0.3 is 10.1 Å². The van der Waals surface area contributed by atoms with Crippen molar-refractivity contribution in [2.75, 3.05) is 0 Å². The number of aliphatic hydroxyl groups excluding tert-OH is 1. The second-order valence-electron chi connectivity index (χ2n) is 5.80. The van der Waals surface area contributed by atoms with E-state index in [0.717, 1.165) is 6.08 Å². The van der Waals surface area contributed by atoms with Crippen LogP contribution < -0.4 is 0 Å². The molecule has 0 atom stereocenters. The second-order valence-corrected chi connectivity index (χ2v) is 6.24. The Hall–Kier alpha value is -3.45. The molecule has 0 spiro atoms. The van der Waals surface area contributed by atoms with Crippen molar-refractivity contribution in [3.63, 3.8) is 0 Å². The molecular weight excluding hydrogens is 371 g/mol. The minimum atomic E-state index is -0.549. The average Bonchev–Trinajstić information content (AvgIpc) is 3.29. The van der Waals surface area contributed by atoms with E-state index in [1.165, 1.54) is 18.5 Å². The summed E-state index contributed by atoms with van der Waals surface area (Å²) >= 11 is 6.10. The number of nitrogens with one attached hydrogen (secondary N) is 2. The van der Waals surface area contributed by atoms with Gasteiger partial charge in [0.25, 0.3) is 0 Å². The van der Waals surface area contributed by atoms with Crippen LogP contribution >= 0.6 is 11.6 Å². The second kappa shape index (κ2) is 6.69. The monoisotopic (exact) mass is 382 g/mol. The molecule has 6 nitrogen and oxygen atoms in total. The summed E-state index contributed by atoms with van der Waals surface area (Å²) < 4.78 is 13.7. The standard InChI is InChI=1S/C19H12ClFN4O2/c20-11-4-5-14-13(7-11)17(15(26)8-16(27)19-22-9-23-25-19)18(24-14)10-2-1-3-12(21)6-10/h1-9,24,26H,(H,22,23,25)/b15-8+. The number of aromatic amines is 2. The van der Waals surface area contributed by atoms with E-state index in [1.54, 1.807) is 30.3 Å². The van der Waals surface area contributed by atoms with Gasteiger partial charge in [-0.3, -0.25) is 9.89 Å². The molecule has 27 heavy (non-hydrogen) atoms. The first kappa shape index (κ1) is 17.0. The fourth-order valence-corrected chi connectivity index (χ4v) is 3.05. The molecule has 134 valence electrons. The van der Waals surface area contributed by atoms with Gasteiger partial charge >= 0.3 is 0 Å². The van der Waals surface area contributed by atoms with Crippen LogP contribution in [0.15, 0.2) is 54.9 Å². The van der Waals surface area contributed by atoms with E-state index < -0.39 is 11.6 Å². The molecular formula is C19H12ClFN4O2. The van der Waals surface area contributed by atoms with Crippen LogP contribution in [0.2, 0.25) is 5.02 Å². The summed E-state index contributed by atoms with van der Waals surface area (Å²) in [5.41, 5.74) is 2.00. The SMILES string of the molecule is O=C(/C=C(/O)c1c(-c2cccc(F)c2)[nH]c2ccc(Cl)cc12)c1ncn[nH]1. The Balaban J connectivity index is 1.93. The number of fused-ring (bicyclic) bond motifs is 1. The smallest absolute Gasteiger partial charge is 0.226 e. The number of hydrogen-bond acceptors (Lipinski definition) is 4. The first-order valence-corrected chi connectivity index (χ1v) is 8.28. The number of halogens is 2. The van der Waals surface area contributed by atoms with Crippen LogP contribution in [-0.4, -0.2) is 31.1 Å². The fourth-order valence-electron chi connectivity index (χ4n) is 2.88. The number of nitrogens with zero attached hydrogens (tertiary/aromatic N) is 2. The number of carbonyl (C=O) groups is 1. The van der Waals surface area contributed by atoms with Gasteiger partial charge in [0.2, 0.25) is 5.78 Å². The van der Waals surface area contributed by atoms with Crippen molar-refractivity contribution in [3.8, 4) is 11.3 Å². The summed E-state index contributed by atoms with van der Waals surface area (Å²) in [6, 6.07) is 11.0. The third-order valence-corrected chi connectivity index (χ3v) is 4.28. The largest absolute Gasteiger partial charge is 0.507 e.